The average molecular weight is 367 g/mol. The van der Waals surface area contributed by atoms with E-state index in [0.717, 1.165) is 29.7 Å². The van der Waals surface area contributed by atoms with E-state index in [1.807, 2.05) is 24.3 Å². The van der Waals surface area contributed by atoms with Crippen LogP contribution >= 0.6 is 0 Å². The van der Waals surface area contributed by atoms with Crippen molar-refractivity contribution < 1.29 is 9.72 Å². The van der Waals surface area contributed by atoms with Gasteiger partial charge in [-0.3, -0.25) is 14.9 Å². The van der Waals surface area contributed by atoms with Gasteiger partial charge in [0, 0.05) is 32.0 Å². The van der Waals surface area contributed by atoms with Gasteiger partial charge < -0.3 is 15.6 Å². The number of aryl methyl sites for hydroxylation is 1. The molecule has 0 saturated carbocycles. The molecule has 3 N–H and O–H groups in total. The van der Waals surface area contributed by atoms with E-state index in [9.17, 15) is 14.9 Å². The Morgan fingerprint density at radius 3 is 2.70 bits per heavy atom. The molecule has 0 aliphatic heterocycles. The number of nitrogens with one attached hydrogen (secondary N) is 3. The monoisotopic (exact) mass is 367 g/mol. The molecule has 0 unspecified atom stereocenters. The highest BCUT2D eigenvalue weighted by atomic mass is 16.6. The van der Waals surface area contributed by atoms with Crippen LogP contribution < -0.4 is 10.6 Å². The van der Waals surface area contributed by atoms with E-state index in [2.05, 4.69) is 20.6 Å². The third kappa shape index (κ3) is 5.04. The van der Waals surface area contributed by atoms with Gasteiger partial charge in [0.15, 0.2) is 0 Å². The number of para-hydroxylation sites is 4. The molecule has 8 heteroatoms. The lowest BCUT2D eigenvalue weighted by molar-refractivity contribution is -0.384. The largest absolute Gasteiger partial charge is 0.379 e. The van der Waals surface area contributed by atoms with Crippen molar-refractivity contribution in [2.75, 3.05) is 18.4 Å². The minimum atomic E-state index is -0.444. The number of anilines is 1. The van der Waals surface area contributed by atoms with Crippen molar-refractivity contribution in [2.24, 2.45) is 0 Å². The number of aromatic amines is 1. The molecule has 1 amide bonds. The zero-order valence-corrected chi connectivity index (χ0v) is 14.8. The van der Waals surface area contributed by atoms with Gasteiger partial charge in [-0.05, 0) is 24.6 Å². The number of hydrogen-bond acceptors (Lipinski definition) is 5. The normalized spacial score (nSPS) is 10.7. The maximum atomic E-state index is 11.9. The molecule has 0 saturated heterocycles. The van der Waals surface area contributed by atoms with Crippen LogP contribution in [0.5, 0.6) is 0 Å². The molecule has 2 aromatic carbocycles. The topological polar surface area (TPSA) is 113 Å². The van der Waals surface area contributed by atoms with Gasteiger partial charge in [0.25, 0.3) is 5.69 Å². The van der Waals surface area contributed by atoms with E-state index in [1.165, 1.54) is 6.07 Å². The Kier molecular flexibility index (Phi) is 5.98. The third-order valence-corrected chi connectivity index (χ3v) is 4.12. The van der Waals surface area contributed by atoms with Gasteiger partial charge in [-0.25, -0.2) is 4.98 Å². The zero-order chi connectivity index (χ0) is 19.1. The predicted octanol–water partition coefficient (Wildman–Crippen LogP) is 3.02. The summed E-state index contributed by atoms with van der Waals surface area (Å²) in [5.74, 6) is 0.814. The summed E-state index contributed by atoms with van der Waals surface area (Å²) in [6.45, 7) is 0.890. The van der Waals surface area contributed by atoms with Crippen molar-refractivity contribution in [3.8, 4) is 0 Å². The molecule has 27 heavy (non-hydrogen) atoms. The van der Waals surface area contributed by atoms with E-state index in [1.54, 1.807) is 18.2 Å². The van der Waals surface area contributed by atoms with E-state index >= 15 is 0 Å². The quantitative estimate of drug-likeness (QED) is 0.306. The fourth-order valence-electron chi connectivity index (χ4n) is 2.79. The first kappa shape index (κ1) is 18.4. The van der Waals surface area contributed by atoms with E-state index in [-0.39, 0.29) is 18.0 Å². The number of imidazole rings is 1. The Balaban J connectivity index is 1.36. The number of nitro benzene ring substituents is 1. The lowest BCUT2D eigenvalue weighted by Crippen LogP contribution is -2.26. The first-order chi connectivity index (χ1) is 13.1. The van der Waals surface area contributed by atoms with Crippen LogP contribution in [-0.4, -0.2) is 33.9 Å². The SMILES string of the molecule is O=C(CCNc1ccccc1[N+](=O)[O-])NCCCc1nc2ccccc2[nH]1. The van der Waals surface area contributed by atoms with E-state index < -0.39 is 4.92 Å². The zero-order valence-electron chi connectivity index (χ0n) is 14.8. The number of carbonyl (C=O) groups is 1. The van der Waals surface area contributed by atoms with Crippen molar-refractivity contribution >= 4 is 28.3 Å². The highest BCUT2D eigenvalue weighted by Crippen LogP contribution is 2.22. The molecule has 1 aromatic heterocycles. The van der Waals surface area contributed by atoms with Crippen LogP contribution in [0.3, 0.4) is 0 Å². The summed E-state index contributed by atoms with van der Waals surface area (Å²) < 4.78 is 0. The minimum Gasteiger partial charge on any atom is -0.379 e. The maximum absolute atomic E-state index is 11.9. The summed E-state index contributed by atoms with van der Waals surface area (Å²) in [6, 6.07) is 14.2. The summed E-state index contributed by atoms with van der Waals surface area (Å²) in [7, 11) is 0. The Morgan fingerprint density at radius 2 is 1.89 bits per heavy atom. The second-order valence-corrected chi connectivity index (χ2v) is 6.11. The number of carbonyl (C=O) groups excluding carboxylic acids is 1. The fourth-order valence-corrected chi connectivity index (χ4v) is 2.79. The van der Waals surface area contributed by atoms with Gasteiger partial charge in [-0.2, -0.15) is 0 Å². The number of H-pyrrole nitrogens is 1. The number of fused-ring (bicyclic) bond motifs is 1. The van der Waals surface area contributed by atoms with Crippen LogP contribution in [0.15, 0.2) is 48.5 Å². The first-order valence-electron chi connectivity index (χ1n) is 8.81. The van der Waals surface area contributed by atoms with Gasteiger partial charge in [0.05, 0.1) is 16.0 Å². The summed E-state index contributed by atoms with van der Waals surface area (Å²) in [5.41, 5.74) is 2.37. The van der Waals surface area contributed by atoms with Gasteiger partial charge in [0.1, 0.15) is 11.5 Å². The maximum Gasteiger partial charge on any atom is 0.292 e. The second-order valence-electron chi connectivity index (χ2n) is 6.11. The van der Waals surface area contributed by atoms with Crippen LogP contribution in [0.25, 0.3) is 11.0 Å². The third-order valence-electron chi connectivity index (χ3n) is 4.12. The van der Waals surface area contributed by atoms with Crippen molar-refractivity contribution in [3.05, 3.63) is 64.5 Å². The molecule has 0 aliphatic carbocycles. The molecular weight excluding hydrogens is 346 g/mol. The molecule has 1 heterocycles. The Labute approximate surface area is 156 Å². The summed E-state index contributed by atoms with van der Waals surface area (Å²) >= 11 is 0. The molecule has 0 spiro atoms. The molecule has 8 nitrogen and oxygen atoms in total. The van der Waals surface area contributed by atoms with E-state index in [4.69, 9.17) is 0 Å². The van der Waals surface area contributed by atoms with Crippen LogP contribution in [0.1, 0.15) is 18.7 Å². The fraction of sp³-hybridized carbons (Fsp3) is 0.263. The van der Waals surface area contributed by atoms with Crippen molar-refractivity contribution in [3.63, 3.8) is 0 Å². The molecule has 140 valence electrons. The molecular formula is C19H21N5O3. The molecule has 0 radical (unpaired) electrons. The summed E-state index contributed by atoms with van der Waals surface area (Å²) in [6.07, 6.45) is 1.78. The number of aromatic nitrogens is 2. The summed E-state index contributed by atoms with van der Waals surface area (Å²) in [4.78, 5) is 30.2. The summed E-state index contributed by atoms with van der Waals surface area (Å²) in [5, 5.41) is 16.7. The molecule has 3 aromatic rings. The molecule has 0 atom stereocenters. The van der Waals surface area contributed by atoms with Crippen molar-refractivity contribution in [2.45, 2.75) is 19.3 Å². The number of nitro groups is 1. The standard InChI is InChI=1S/C19H21N5O3/c25-19(11-13-20-16-8-3-4-9-17(16)24(26)27)21-12-5-10-18-22-14-6-1-2-7-15(14)23-18/h1-4,6-9,20H,5,10-13H2,(H,21,25)(H,22,23). The van der Waals surface area contributed by atoms with Crippen LogP contribution in [0, 0.1) is 10.1 Å². The smallest absolute Gasteiger partial charge is 0.292 e. The van der Waals surface area contributed by atoms with Gasteiger partial charge in [-0.1, -0.05) is 24.3 Å². The Bertz CT molecular complexity index is 905. The van der Waals surface area contributed by atoms with Gasteiger partial charge >= 0.3 is 0 Å². The van der Waals surface area contributed by atoms with Crippen molar-refractivity contribution in [1.29, 1.82) is 0 Å². The van der Waals surface area contributed by atoms with Crippen LogP contribution in [-0.2, 0) is 11.2 Å². The number of benzene rings is 2. The number of nitrogens with zero attached hydrogens (tertiary/aromatic N) is 2. The van der Waals surface area contributed by atoms with E-state index in [0.29, 0.717) is 18.8 Å². The Morgan fingerprint density at radius 1 is 1.11 bits per heavy atom. The molecule has 3 rings (SSSR count). The first-order valence-corrected chi connectivity index (χ1v) is 8.81. The average Bonchev–Trinajstić information content (AvgIpc) is 3.08. The van der Waals surface area contributed by atoms with Gasteiger partial charge in [-0.15, -0.1) is 0 Å². The molecule has 0 fully saturated rings. The molecule has 0 aliphatic rings. The number of rotatable bonds is 9. The number of amides is 1. The highest BCUT2D eigenvalue weighted by molar-refractivity contribution is 5.76. The Hall–Kier alpha value is -3.42. The predicted molar refractivity (Wildman–Crippen MR) is 104 cm³/mol. The van der Waals surface area contributed by atoms with Gasteiger partial charge in [0.2, 0.25) is 5.91 Å². The van der Waals surface area contributed by atoms with Crippen LogP contribution in [0.4, 0.5) is 11.4 Å². The lowest BCUT2D eigenvalue weighted by Gasteiger charge is -2.07. The highest BCUT2D eigenvalue weighted by Gasteiger charge is 2.12. The minimum absolute atomic E-state index is 0.00347. The lowest BCUT2D eigenvalue weighted by atomic mass is 10.2. The van der Waals surface area contributed by atoms with Crippen molar-refractivity contribution in [1.82, 2.24) is 15.3 Å². The second kappa shape index (κ2) is 8.79. The molecule has 0 bridgehead atoms. The number of hydrogen-bond donors (Lipinski definition) is 3. The van der Waals surface area contributed by atoms with Crippen LogP contribution in [0.2, 0.25) is 0 Å².